The fourth-order valence-electron chi connectivity index (χ4n) is 0.134. The summed E-state index contributed by atoms with van der Waals surface area (Å²) in [6.45, 7) is 8.13. The number of halogens is 1. The third-order valence-corrected chi connectivity index (χ3v) is 0.754. The van der Waals surface area contributed by atoms with Gasteiger partial charge in [0.2, 0.25) is 0 Å². The van der Waals surface area contributed by atoms with Crippen LogP contribution < -0.4 is 0 Å². The Morgan fingerprint density at radius 1 is 1.43 bits per heavy atom. The first-order valence-corrected chi connectivity index (χ1v) is 3.01. The molecule has 44 valence electrons. The summed E-state index contributed by atoms with van der Waals surface area (Å²) in [5, 5.41) is 0. The van der Waals surface area contributed by atoms with Crippen molar-refractivity contribution >= 4 is 11.6 Å². The highest BCUT2D eigenvalue weighted by Gasteiger charge is 1.70. The molecule has 1 heteroatoms. The molecule has 0 N–H and O–H groups in total. The molecule has 0 nitrogen and oxygen atoms in total. The second kappa shape index (κ2) is 16.6. The van der Waals surface area contributed by atoms with E-state index in [1.54, 1.807) is 0 Å². The summed E-state index contributed by atoms with van der Waals surface area (Å²) in [6.07, 6.45) is 2.37. The third-order valence-electron chi connectivity index (χ3n) is 0.487. The van der Waals surface area contributed by atoms with Crippen LogP contribution in [0.25, 0.3) is 0 Å². The van der Waals surface area contributed by atoms with E-state index >= 15 is 0 Å². The molecule has 0 rings (SSSR count). The molecule has 0 amide bonds. The van der Waals surface area contributed by atoms with Crippen LogP contribution >= 0.6 is 11.6 Å². The summed E-state index contributed by atoms with van der Waals surface area (Å²) in [6, 6.07) is 0. The van der Waals surface area contributed by atoms with Gasteiger partial charge in [0.15, 0.2) is 0 Å². The molecule has 0 aliphatic heterocycles. The molecule has 0 heterocycles. The first-order valence-electron chi connectivity index (χ1n) is 2.47. The maximum Gasteiger partial charge on any atom is 0.0223 e. The lowest BCUT2D eigenvalue weighted by atomic mass is 10.4. The van der Waals surface area contributed by atoms with Crippen LogP contribution in [-0.4, -0.2) is 5.88 Å². The molecule has 0 aliphatic rings. The smallest absolute Gasteiger partial charge is 0.0223 e. The van der Waals surface area contributed by atoms with Crippen molar-refractivity contribution in [2.45, 2.75) is 19.8 Å². The topological polar surface area (TPSA) is 0 Å². The van der Waals surface area contributed by atoms with E-state index in [0.717, 1.165) is 12.3 Å². The van der Waals surface area contributed by atoms with Crippen LogP contribution in [-0.2, 0) is 0 Å². The Labute approximate surface area is 51.2 Å². The predicted molar refractivity (Wildman–Crippen MR) is 36.9 cm³/mol. The highest BCUT2D eigenvalue weighted by Crippen LogP contribution is 1.86. The van der Waals surface area contributed by atoms with E-state index in [0.29, 0.717) is 0 Å². The van der Waals surface area contributed by atoms with E-state index < -0.39 is 0 Å². The molecule has 0 bridgehead atoms. The normalized spacial score (nSPS) is 6.57. The van der Waals surface area contributed by atoms with E-state index in [1.165, 1.54) is 6.42 Å². The van der Waals surface area contributed by atoms with Crippen LogP contribution in [0.2, 0.25) is 0 Å². The number of unbranched alkanes of at least 4 members (excludes halogenated alkanes) is 1. The van der Waals surface area contributed by atoms with Crippen LogP contribution in [0, 0.1) is 0 Å². The Morgan fingerprint density at radius 3 is 1.86 bits per heavy atom. The quantitative estimate of drug-likeness (QED) is 0.388. The number of hydrogen-bond donors (Lipinski definition) is 0. The highest BCUT2D eigenvalue weighted by molar-refractivity contribution is 6.17. The molecule has 0 aliphatic carbocycles. The van der Waals surface area contributed by atoms with Crippen LogP contribution in [0.4, 0.5) is 0 Å². The van der Waals surface area contributed by atoms with E-state index in [1.807, 2.05) is 0 Å². The first kappa shape index (κ1) is 10.1. The van der Waals surface area contributed by atoms with Crippen molar-refractivity contribution in [2.75, 3.05) is 5.88 Å². The molecule has 0 spiro atoms. The molecule has 0 fully saturated rings. The summed E-state index contributed by atoms with van der Waals surface area (Å²) in [5.74, 6) is 0.816. The van der Waals surface area contributed by atoms with E-state index in [-0.39, 0.29) is 0 Å². The zero-order valence-electron chi connectivity index (χ0n) is 4.91. The number of alkyl halides is 1. The van der Waals surface area contributed by atoms with Gasteiger partial charge in [-0.15, -0.1) is 24.8 Å². The summed E-state index contributed by atoms with van der Waals surface area (Å²) < 4.78 is 0. The minimum absolute atomic E-state index is 0.816. The monoisotopic (exact) mass is 120 g/mol. The SMILES string of the molecule is C=C.CCCCCl. The van der Waals surface area contributed by atoms with Gasteiger partial charge >= 0.3 is 0 Å². The average molecular weight is 121 g/mol. The van der Waals surface area contributed by atoms with Gasteiger partial charge in [0.05, 0.1) is 0 Å². The Hall–Kier alpha value is 0.0300. The van der Waals surface area contributed by atoms with Gasteiger partial charge in [-0.2, -0.15) is 0 Å². The van der Waals surface area contributed by atoms with Crippen molar-refractivity contribution in [3.8, 4) is 0 Å². The van der Waals surface area contributed by atoms with Gasteiger partial charge in [-0.1, -0.05) is 13.3 Å². The van der Waals surface area contributed by atoms with Gasteiger partial charge < -0.3 is 0 Å². The standard InChI is InChI=1S/C4H9Cl.C2H4/c1-2-3-4-5;1-2/h2-4H2,1H3;1-2H2. The van der Waals surface area contributed by atoms with Gasteiger partial charge in [-0.05, 0) is 6.42 Å². The lowest BCUT2D eigenvalue weighted by Gasteiger charge is -1.77. The lowest BCUT2D eigenvalue weighted by Crippen LogP contribution is -1.65. The second-order valence-electron chi connectivity index (χ2n) is 1.04. The molecule has 0 atom stereocenters. The molecule has 0 aromatic heterocycles. The van der Waals surface area contributed by atoms with Crippen molar-refractivity contribution < 1.29 is 0 Å². The zero-order valence-corrected chi connectivity index (χ0v) is 5.67. The minimum atomic E-state index is 0.816. The Kier molecular flexibility index (Phi) is 24.0. The summed E-state index contributed by atoms with van der Waals surface area (Å²) in [7, 11) is 0. The van der Waals surface area contributed by atoms with Crippen molar-refractivity contribution in [2.24, 2.45) is 0 Å². The summed E-state index contributed by atoms with van der Waals surface area (Å²) in [5.41, 5.74) is 0. The summed E-state index contributed by atoms with van der Waals surface area (Å²) in [4.78, 5) is 0. The Balaban J connectivity index is 0. The lowest BCUT2D eigenvalue weighted by molar-refractivity contribution is 0.892. The van der Waals surface area contributed by atoms with E-state index in [9.17, 15) is 0 Å². The van der Waals surface area contributed by atoms with Gasteiger partial charge in [-0.3, -0.25) is 0 Å². The minimum Gasteiger partial charge on any atom is -0.127 e. The largest absolute Gasteiger partial charge is 0.127 e. The number of hydrogen-bond acceptors (Lipinski definition) is 0. The Morgan fingerprint density at radius 2 is 1.86 bits per heavy atom. The fourth-order valence-corrected chi connectivity index (χ4v) is 0.401. The van der Waals surface area contributed by atoms with Gasteiger partial charge in [0.25, 0.3) is 0 Å². The molecule has 0 unspecified atom stereocenters. The van der Waals surface area contributed by atoms with Crippen molar-refractivity contribution in [1.82, 2.24) is 0 Å². The second-order valence-corrected chi connectivity index (χ2v) is 1.42. The van der Waals surface area contributed by atoms with Crippen molar-refractivity contribution in [1.29, 1.82) is 0 Å². The molecule has 0 aromatic carbocycles. The predicted octanol–water partition coefficient (Wildman–Crippen LogP) is 2.83. The van der Waals surface area contributed by atoms with Crippen LogP contribution in [0.1, 0.15) is 19.8 Å². The van der Waals surface area contributed by atoms with Crippen LogP contribution in [0.5, 0.6) is 0 Å². The first-order chi connectivity index (χ1) is 3.41. The fraction of sp³-hybridized carbons (Fsp3) is 0.667. The molecule has 0 radical (unpaired) electrons. The average Bonchev–Trinajstić information content (AvgIpc) is 1.75. The molecule has 0 saturated carbocycles. The van der Waals surface area contributed by atoms with Crippen LogP contribution in [0.15, 0.2) is 13.2 Å². The molecule has 7 heavy (non-hydrogen) atoms. The maximum atomic E-state index is 5.30. The van der Waals surface area contributed by atoms with Gasteiger partial charge in [0, 0.05) is 5.88 Å². The van der Waals surface area contributed by atoms with Crippen LogP contribution in [0.3, 0.4) is 0 Å². The van der Waals surface area contributed by atoms with E-state index in [2.05, 4.69) is 20.1 Å². The zero-order chi connectivity index (χ0) is 6.12. The molecule has 0 aromatic rings. The highest BCUT2D eigenvalue weighted by atomic mass is 35.5. The van der Waals surface area contributed by atoms with Gasteiger partial charge in [-0.25, -0.2) is 0 Å². The summed E-state index contributed by atoms with van der Waals surface area (Å²) >= 11 is 5.30. The van der Waals surface area contributed by atoms with Crippen molar-refractivity contribution in [3.63, 3.8) is 0 Å². The molecule has 0 saturated heterocycles. The molecular formula is C6H13Cl. The van der Waals surface area contributed by atoms with Gasteiger partial charge in [0.1, 0.15) is 0 Å². The number of rotatable bonds is 2. The third kappa shape index (κ3) is 23.8. The van der Waals surface area contributed by atoms with Crippen molar-refractivity contribution in [3.05, 3.63) is 13.2 Å². The Bertz CT molecular complexity index is 18.1. The van der Waals surface area contributed by atoms with E-state index in [4.69, 9.17) is 11.6 Å². The maximum absolute atomic E-state index is 5.30. The molecular weight excluding hydrogens is 108 g/mol.